The van der Waals surface area contributed by atoms with Crippen molar-refractivity contribution in [2.75, 3.05) is 0 Å². The molecule has 220 valence electrons. The Morgan fingerprint density at radius 1 is 1.20 bits per heavy atom. The van der Waals surface area contributed by atoms with Crippen molar-refractivity contribution in [1.29, 1.82) is 0 Å². The molecule has 3 N–H and O–H groups in total. The minimum absolute atomic E-state index is 0.106. The molecule has 0 fully saturated rings. The predicted octanol–water partition coefficient (Wildman–Crippen LogP) is 5.13. The molecule has 0 unspecified atom stereocenters. The van der Waals surface area contributed by atoms with Gasteiger partial charge in [-0.15, -0.1) is 22.7 Å². The van der Waals surface area contributed by atoms with Crippen molar-refractivity contribution in [2.45, 2.75) is 98.1 Å². The van der Waals surface area contributed by atoms with Crippen LogP contribution in [-0.2, 0) is 27.4 Å². The molecule has 0 amide bonds. The number of ether oxygens (including phenoxy) is 1. The van der Waals surface area contributed by atoms with Gasteiger partial charge in [-0.25, -0.2) is 9.97 Å². The number of hydrogen-bond acceptors (Lipinski definition) is 10. The zero-order valence-electron chi connectivity index (χ0n) is 24.0. The van der Waals surface area contributed by atoms with Gasteiger partial charge in [0.25, 0.3) is 0 Å². The SMILES string of the molecule is CC(=Cc1csc(CO)n1)[C@@H]1CC=C(Cc2nccs2)CCC[C@H](C)[C@H](O)[C@@H](C)C(=O)C(C)(C)[C@@H](O)CC(=O)O1. The van der Waals surface area contributed by atoms with Crippen LogP contribution in [-0.4, -0.2) is 55.4 Å². The Kier molecular flexibility index (Phi) is 11.8. The van der Waals surface area contributed by atoms with E-state index in [0.29, 0.717) is 23.5 Å². The summed E-state index contributed by atoms with van der Waals surface area (Å²) in [4.78, 5) is 35.3. The fourth-order valence-electron chi connectivity index (χ4n) is 5.03. The number of esters is 1. The van der Waals surface area contributed by atoms with Crippen LogP contribution < -0.4 is 0 Å². The lowest BCUT2D eigenvalue weighted by Gasteiger charge is -2.34. The van der Waals surface area contributed by atoms with E-state index in [4.69, 9.17) is 4.74 Å². The van der Waals surface area contributed by atoms with Crippen molar-refractivity contribution in [2.24, 2.45) is 17.3 Å². The van der Waals surface area contributed by atoms with Crippen molar-refractivity contribution < 1.29 is 29.6 Å². The van der Waals surface area contributed by atoms with Gasteiger partial charge in [0.1, 0.15) is 16.9 Å². The summed E-state index contributed by atoms with van der Waals surface area (Å²) in [7, 11) is 0. The minimum Gasteiger partial charge on any atom is -0.457 e. The molecule has 3 heterocycles. The summed E-state index contributed by atoms with van der Waals surface area (Å²) in [5.41, 5.74) is 1.39. The Labute approximate surface area is 244 Å². The van der Waals surface area contributed by atoms with E-state index in [-0.39, 0.29) is 24.7 Å². The first-order valence-electron chi connectivity index (χ1n) is 13.8. The molecule has 40 heavy (non-hydrogen) atoms. The van der Waals surface area contributed by atoms with Gasteiger partial charge in [0.2, 0.25) is 0 Å². The van der Waals surface area contributed by atoms with Gasteiger partial charge in [-0.2, -0.15) is 0 Å². The van der Waals surface area contributed by atoms with E-state index >= 15 is 0 Å². The number of carbonyl (C=O) groups is 2. The summed E-state index contributed by atoms with van der Waals surface area (Å²) in [6.07, 6.45) is 6.14. The highest BCUT2D eigenvalue weighted by Gasteiger charge is 2.42. The van der Waals surface area contributed by atoms with Gasteiger partial charge in [0.15, 0.2) is 0 Å². The first-order chi connectivity index (χ1) is 18.9. The molecule has 0 bridgehead atoms. The van der Waals surface area contributed by atoms with Crippen LogP contribution in [0.25, 0.3) is 6.08 Å². The third-order valence-electron chi connectivity index (χ3n) is 7.84. The molecule has 2 aromatic rings. The molecular formula is C30H42N2O6S2. The van der Waals surface area contributed by atoms with E-state index in [1.807, 2.05) is 30.7 Å². The quantitative estimate of drug-likeness (QED) is 0.323. The number of cyclic esters (lactones) is 1. The zero-order valence-corrected chi connectivity index (χ0v) is 25.6. The van der Waals surface area contributed by atoms with Crippen LogP contribution in [0.2, 0.25) is 0 Å². The van der Waals surface area contributed by atoms with Crippen LogP contribution in [0, 0.1) is 17.3 Å². The van der Waals surface area contributed by atoms with Gasteiger partial charge in [0, 0.05) is 35.7 Å². The number of nitrogens with zero attached hydrogens (tertiary/aromatic N) is 2. The molecule has 0 saturated heterocycles. The van der Waals surface area contributed by atoms with Crippen molar-refractivity contribution in [3.05, 3.63) is 49.9 Å². The summed E-state index contributed by atoms with van der Waals surface area (Å²) in [6.45, 7) is 8.60. The number of aliphatic hydroxyl groups is 3. The predicted molar refractivity (Wildman–Crippen MR) is 158 cm³/mol. The van der Waals surface area contributed by atoms with Gasteiger partial charge in [-0.3, -0.25) is 9.59 Å². The Bertz CT molecular complexity index is 1190. The molecule has 10 heteroatoms. The second kappa shape index (κ2) is 14.6. The standard InChI is InChI=1S/C30H42N2O6S2/c1-18-7-6-8-21(14-25-31-11-12-39-25)9-10-23(19(2)13-22-17-40-26(16-33)32-22)38-27(35)15-24(34)30(4,5)29(37)20(3)28(18)36/h9,11-13,17-18,20,23-24,28,33-34,36H,6-8,10,14-16H2,1-5H3/t18-,20+,23-,24-,28-/m0/s1. The number of hydrogen-bond donors (Lipinski definition) is 3. The van der Waals surface area contributed by atoms with Gasteiger partial charge < -0.3 is 20.1 Å². The first kappa shape index (κ1) is 32.3. The Balaban J connectivity index is 1.94. The van der Waals surface area contributed by atoms with E-state index in [1.165, 1.54) is 16.9 Å². The topological polar surface area (TPSA) is 130 Å². The molecule has 0 saturated carbocycles. The highest BCUT2D eigenvalue weighted by molar-refractivity contribution is 7.09. The van der Waals surface area contributed by atoms with E-state index in [1.54, 1.807) is 38.3 Å². The number of aliphatic hydroxyl groups excluding tert-OH is 3. The third-order valence-corrected chi connectivity index (χ3v) is 9.47. The lowest BCUT2D eigenvalue weighted by molar-refractivity contribution is -0.154. The molecule has 0 radical (unpaired) electrons. The molecule has 0 aliphatic carbocycles. The molecule has 0 aromatic carbocycles. The number of rotatable bonds is 5. The first-order valence-corrected chi connectivity index (χ1v) is 15.6. The van der Waals surface area contributed by atoms with E-state index in [9.17, 15) is 24.9 Å². The number of allylic oxidation sites excluding steroid dienone is 1. The van der Waals surface area contributed by atoms with Crippen LogP contribution in [0.5, 0.6) is 0 Å². The van der Waals surface area contributed by atoms with Crippen molar-refractivity contribution in [1.82, 2.24) is 9.97 Å². The molecule has 0 spiro atoms. The minimum atomic E-state index is -1.27. The van der Waals surface area contributed by atoms with Crippen molar-refractivity contribution >= 4 is 40.5 Å². The number of aromatic nitrogens is 2. The molecule has 1 aliphatic heterocycles. The maximum Gasteiger partial charge on any atom is 0.309 e. The average Bonchev–Trinajstić information content (AvgIpc) is 3.60. The lowest BCUT2D eigenvalue weighted by Crippen LogP contribution is -2.45. The zero-order chi connectivity index (χ0) is 29.4. The molecule has 1 aliphatic rings. The average molecular weight is 591 g/mol. The fourth-order valence-corrected chi connectivity index (χ4v) is 6.31. The largest absolute Gasteiger partial charge is 0.457 e. The highest BCUT2D eigenvalue weighted by atomic mass is 32.1. The summed E-state index contributed by atoms with van der Waals surface area (Å²) < 4.78 is 5.91. The Morgan fingerprint density at radius 3 is 2.60 bits per heavy atom. The molecule has 2 aromatic heterocycles. The van der Waals surface area contributed by atoms with Crippen LogP contribution >= 0.6 is 22.7 Å². The molecular weight excluding hydrogens is 548 g/mol. The maximum absolute atomic E-state index is 13.3. The Hall–Kier alpha value is -2.24. The molecule has 8 nitrogen and oxygen atoms in total. The number of thiazole rings is 2. The van der Waals surface area contributed by atoms with Gasteiger partial charge in [-0.05, 0) is 43.8 Å². The van der Waals surface area contributed by atoms with Gasteiger partial charge in [0.05, 0.1) is 41.4 Å². The van der Waals surface area contributed by atoms with E-state index < -0.39 is 35.6 Å². The number of Topliss-reactive ketones (excluding diaryl/α,β-unsaturated/α-hetero) is 1. The monoisotopic (exact) mass is 590 g/mol. The maximum atomic E-state index is 13.3. The lowest BCUT2D eigenvalue weighted by atomic mass is 9.73. The molecule has 5 atom stereocenters. The molecule has 3 rings (SSSR count). The van der Waals surface area contributed by atoms with E-state index in [0.717, 1.165) is 29.8 Å². The summed E-state index contributed by atoms with van der Waals surface area (Å²) in [5, 5.41) is 36.7. The van der Waals surface area contributed by atoms with E-state index in [2.05, 4.69) is 16.0 Å². The second-order valence-corrected chi connectivity index (χ2v) is 13.3. The van der Waals surface area contributed by atoms with Gasteiger partial charge in [-0.1, -0.05) is 39.3 Å². The van der Waals surface area contributed by atoms with Crippen LogP contribution in [0.1, 0.15) is 82.4 Å². The smallest absolute Gasteiger partial charge is 0.309 e. The van der Waals surface area contributed by atoms with Crippen LogP contribution in [0.15, 0.2) is 34.2 Å². The second-order valence-electron chi connectivity index (χ2n) is 11.3. The summed E-state index contributed by atoms with van der Waals surface area (Å²) >= 11 is 2.94. The summed E-state index contributed by atoms with van der Waals surface area (Å²) in [6, 6.07) is 0. The Morgan fingerprint density at radius 2 is 1.95 bits per heavy atom. The summed E-state index contributed by atoms with van der Waals surface area (Å²) in [5.74, 6) is -1.68. The van der Waals surface area contributed by atoms with Crippen molar-refractivity contribution in [3.63, 3.8) is 0 Å². The number of carbonyl (C=O) groups excluding carboxylic acids is 2. The third kappa shape index (κ3) is 8.63. The van der Waals surface area contributed by atoms with Gasteiger partial charge >= 0.3 is 5.97 Å². The van der Waals surface area contributed by atoms with Crippen LogP contribution in [0.4, 0.5) is 0 Å². The number of ketones is 1. The normalized spacial score (nSPS) is 27.8. The van der Waals surface area contributed by atoms with Crippen LogP contribution in [0.3, 0.4) is 0 Å². The highest BCUT2D eigenvalue weighted by Crippen LogP contribution is 2.33. The fraction of sp³-hybridized carbons (Fsp3) is 0.600. The van der Waals surface area contributed by atoms with Crippen molar-refractivity contribution in [3.8, 4) is 0 Å².